The number of benzene rings is 1. The van der Waals surface area contributed by atoms with Crippen molar-refractivity contribution in [2.24, 2.45) is 0 Å². The van der Waals surface area contributed by atoms with Gasteiger partial charge in [0.05, 0.1) is 6.61 Å². The van der Waals surface area contributed by atoms with Crippen molar-refractivity contribution in [2.75, 3.05) is 37.0 Å². The van der Waals surface area contributed by atoms with Gasteiger partial charge in [0, 0.05) is 49.8 Å². The summed E-state index contributed by atoms with van der Waals surface area (Å²) in [6, 6.07) is 10.5. The molecule has 4 amide bonds. The van der Waals surface area contributed by atoms with Gasteiger partial charge in [-0.1, -0.05) is 12.1 Å². The van der Waals surface area contributed by atoms with Crippen LogP contribution in [-0.2, 0) is 6.54 Å². The normalized spacial score (nSPS) is 13.6. The van der Waals surface area contributed by atoms with Gasteiger partial charge in [0.15, 0.2) is 0 Å². The van der Waals surface area contributed by atoms with Crippen molar-refractivity contribution in [1.82, 2.24) is 15.2 Å². The Balaban J connectivity index is 1.60. The van der Waals surface area contributed by atoms with Gasteiger partial charge in [-0.3, -0.25) is 4.90 Å². The number of rotatable bonds is 6. The number of ether oxygens (including phenoxy) is 1. The zero-order chi connectivity index (χ0) is 19.2. The van der Waals surface area contributed by atoms with Crippen molar-refractivity contribution in [3.05, 3.63) is 48.2 Å². The number of hydrogen-bond acceptors (Lipinski definition) is 4. The lowest BCUT2D eigenvalue weighted by molar-refractivity contribution is 0.229. The summed E-state index contributed by atoms with van der Waals surface area (Å²) in [4.78, 5) is 31.9. The van der Waals surface area contributed by atoms with Crippen molar-refractivity contribution in [1.29, 1.82) is 0 Å². The molecule has 2 aromatic rings. The molecule has 0 unspecified atom stereocenters. The third-order valence-electron chi connectivity index (χ3n) is 4.20. The van der Waals surface area contributed by atoms with Gasteiger partial charge in [-0.15, -0.1) is 0 Å². The second-order valence-corrected chi connectivity index (χ2v) is 6.11. The molecule has 0 aliphatic carbocycles. The first-order valence-corrected chi connectivity index (χ1v) is 8.82. The average molecular weight is 369 g/mol. The molecule has 1 aliphatic rings. The van der Waals surface area contributed by atoms with E-state index >= 15 is 0 Å². The molecule has 142 valence electrons. The third kappa shape index (κ3) is 4.46. The smallest absolute Gasteiger partial charge is 0.324 e. The van der Waals surface area contributed by atoms with Crippen LogP contribution in [0, 0.1) is 0 Å². The number of carbonyl (C=O) groups is 2. The van der Waals surface area contributed by atoms with Crippen LogP contribution in [0.15, 0.2) is 42.6 Å². The Morgan fingerprint density at radius 2 is 2.11 bits per heavy atom. The van der Waals surface area contributed by atoms with E-state index < -0.39 is 0 Å². The predicted molar refractivity (Wildman–Crippen MR) is 103 cm³/mol. The molecule has 1 saturated heterocycles. The van der Waals surface area contributed by atoms with Crippen LogP contribution in [0.3, 0.4) is 0 Å². The molecule has 3 rings (SSSR count). The van der Waals surface area contributed by atoms with Crippen LogP contribution >= 0.6 is 0 Å². The highest BCUT2D eigenvalue weighted by Gasteiger charge is 2.26. The number of nitrogens with one attached hydrogen (secondary N) is 2. The SMILES string of the molecule is CCOc1ncccc1CNC(=O)Nc1cccc(N2CCN(C)C2=O)c1. The Kier molecular flexibility index (Phi) is 5.75. The Labute approximate surface area is 158 Å². The van der Waals surface area contributed by atoms with E-state index in [1.165, 1.54) is 0 Å². The van der Waals surface area contributed by atoms with E-state index in [-0.39, 0.29) is 12.1 Å². The van der Waals surface area contributed by atoms with E-state index in [1.54, 1.807) is 41.2 Å². The third-order valence-corrected chi connectivity index (χ3v) is 4.20. The van der Waals surface area contributed by atoms with Gasteiger partial charge >= 0.3 is 12.1 Å². The van der Waals surface area contributed by atoms with Crippen molar-refractivity contribution < 1.29 is 14.3 Å². The monoisotopic (exact) mass is 369 g/mol. The fourth-order valence-electron chi connectivity index (χ4n) is 2.81. The van der Waals surface area contributed by atoms with Gasteiger partial charge in [-0.05, 0) is 31.2 Å². The summed E-state index contributed by atoms with van der Waals surface area (Å²) in [5.74, 6) is 0.513. The van der Waals surface area contributed by atoms with Crippen LogP contribution in [-0.4, -0.2) is 48.7 Å². The first-order chi connectivity index (χ1) is 13.1. The van der Waals surface area contributed by atoms with Crippen LogP contribution in [0.2, 0.25) is 0 Å². The summed E-state index contributed by atoms with van der Waals surface area (Å²) >= 11 is 0. The number of aromatic nitrogens is 1. The molecule has 8 heteroatoms. The molecule has 1 aromatic carbocycles. The van der Waals surface area contributed by atoms with E-state index in [0.29, 0.717) is 37.8 Å². The number of hydrogen-bond donors (Lipinski definition) is 2. The molecule has 1 aromatic heterocycles. The van der Waals surface area contributed by atoms with E-state index in [2.05, 4.69) is 15.6 Å². The lowest BCUT2D eigenvalue weighted by Crippen LogP contribution is -2.30. The van der Waals surface area contributed by atoms with Crippen molar-refractivity contribution in [2.45, 2.75) is 13.5 Å². The molecule has 8 nitrogen and oxygen atoms in total. The van der Waals surface area contributed by atoms with Gasteiger partial charge in [-0.25, -0.2) is 14.6 Å². The quantitative estimate of drug-likeness (QED) is 0.820. The highest BCUT2D eigenvalue weighted by Crippen LogP contribution is 2.23. The van der Waals surface area contributed by atoms with Crippen LogP contribution in [0.5, 0.6) is 5.88 Å². The summed E-state index contributed by atoms with van der Waals surface area (Å²) in [6.07, 6.45) is 1.65. The van der Waals surface area contributed by atoms with Crippen LogP contribution in [0.25, 0.3) is 0 Å². The molecule has 2 N–H and O–H groups in total. The standard InChI is InChI=1S/C19H23N5O3/c1-3-27-17-14(6-5-9-20-17)13-21-18(25)22-15-7-4-8-16(12-15)24-11-10-23(2)19(24)26/h4-9,12H,3,10-11,13H2,1-2H3,(H2,21,22,25). The minimum Gasteiger partial charge on any atom is -0.478 e. The number of nitrogens with zero attached hydrogens (tertiary/aromatic N) is 3. The number of pyridine rings is 1. The minimum absolute atomic E-state index is 0.0448. The predicted octanol–water partition coefficient (Wildman–Crippen LogP) is 2.67. The fourth-order valence-corrected chi connectivity index (χ4v) is 2.81. The molecule has 0 atom stereocenters. The van der Waals surface area contributed by atoms with Crippen molar-refractivity contribution in [3.8, 4) is 5.88 Å². The summed E-state index contributed by atoms with van der Waals surface area (Å²) in [5, 5.41) is 5.58. The second kappa shape index (κ2) is 8.39. The van der Waals surface area contributed by atoms with Gasteiger partial charge in [-0.2, -0.15) is 0 Å². The second-order valence-electron chi connectivity index (χ2n) is 6.11. The number of anilines is 2. The van der Waals surface area contributed by atoms with Gasteiger partial charge in [0.2, 0.25) is 5.88 Å². The zero-order valence-electron chi connectivity index (χ0n) is 15.4. The lowest BCUT2D eigenvalue weighted by atomic mass is 10.2. The first kappa shape index (κ1) is 18.5. The van der Waals surface area contributed by atoms with E-state index in [9.17, 15) is 9.59 Å². The van der Waals surface area contributed by atoms with Crippen LogP contribution < -0.4 is 20.3 Å². The summed E-state index contributed by atoms with van der Waals surface area (Å²) < 4.78 is 5.45. The Bertz CT molecular complexity index is 826. The maximum atomic E-state index is 12.2. The Hall–Kier alpha value is -3.29. The zero-order valence-corrected chi connectivity index (χ0v) is 15.4. The molecule has 0 bridgehead atoms. The maximum Gasteiger partial charge on any atom is 0.324 e. The highest BCUT2D eigenvalue weighted by molar-refractivity contribution is 5.95. The maximum absolute atomic E-state index is 12.2. The van der Waals surface area contributed by atoms with Gasteiger partial charge < -0.3 is 20.3 Å². The van der Waals surface area contributed by atoms with Gasteiger partial charge in [0.25, 0.3) is 0 Å². The molecule has 27 heavy (non-hydrogen) atoms. The first-order valence-electron chi connectivity index (χ1n) is 8.82. The molecule has 1 aliphatic heterocycles. The molecule has 0 radical (unpaired) electrons. The molecule has 2 heterocycles. The fraction of sp³-hybridized carbons (Fsp3) is 0.316. The lowest BCUT2D eigenvalue weighted by Gasteiger charge is -2.17. The average Bonchev–Trinajstić information content (AvgIpc) is 3.00. The Morgan fingerprint density at radius 1 is 1.26 bits per heavy atom. The molecule has 0 spiro atoms. The van der Waals surface area contributed by atoms with Crippen LogP contribution in [0.4, 0.5) is 21.0 Å². The highest BCUT2D eigenvalue weighted by atomic mass is 16.5. The van der Waals surface area contributed by atoms with Crippen molar-refractivity contribution >= 4 is 23.4 Å². The van der Waals surface area contributed by atoms with E-state index in [4.69, 9.17) is 4.74 Å². The summed E-state index contributed by atoms with van der Waals surface area (Å²) in [5.41, 5.74) is 2.17. The summed E-state index contributed by atoms with van der Waals surface area (Å²) in [7, 11) is 1.77. The molecular formula is C19H23N5O3. The number of likely N-dealkylation sites (N-methyl/N-ethyl adjacent to an activating group) is 1. The Morgan fingerprint density at radius 3 is 2.85 bits per heavy atom. The van der Waals surface area contributed by atoms with Gasteiger partial charge in [0.1, 0.15) is 0 Å². The summed E-state index contributed by atoms with van der Waals surface area (Å²) in [6.45, 7) is 4.00. The van der Waals surface area contributed by atoms with Crippen LogP contribution in [0.1, 0.15) is 12.5 Å². The van der Waals surface area contributed by atoms with E-state index in [0.717, 1.165) is 11.3 Å². The molecular weight excluding hydrogens is 346 g/mol. The largest absolute Gasteiger partial charge is 0.478 e. The van der Waals surface area contributed by atoms with E-state index in [1.807, 2.05) is 25.1 Å². The topological polar surface area (TPSA) is 86.8 Å². The number of carbonyl (C=O) groups excluding carboxylic acids is 2. The minimum atomic E-state index is -0.344. The molecule has 1 fully saturated rings. The molecule has 0 saturated carbocycles. The number of urea groups is 2. The number of amides is 4. The van der Waals surface area contributed by atoms with Crippen molar-refractivity contribution in [3.63, 3.8) is 0 Å².